The van der Waals surface area contributed by atoms with Crippen LogP contribution in [-0.4, -0.2) is 48.1 Å². The van der Waals surface area contributed by atoms with Crippen molar-refractivity contribution in [1.29, 1.82) is 0 Å². The van der Waals surface area contributed by atoms with E-state index in [-0.39, 0.29) is 18.3 Å². The van der Waals surface area contributed by atoms with E-state index >= 15 is 0 Å². The molecule has 202 valence electrons. The van der Waals surface area contributed by atoms with E-state index in [0.29, 0.717) is 24.9 Å². The highest BCUT2D eigenvalue weighted by molar-refractivity contribution is 5.88. The van der Waals surface area contributed by atoms with Gasteiger partial charge in [-0.25, -0.2) is 4.79 Å². The molecule has 1 aliphatic heterocycles. The molecule has 0 fully saturated rings. The molecule has 0 aromatic heterocycles. The molecule has 2 atom stereocenters. The van der Waals surface area contributed by atoms with Crippen molar-refractivity contribution in [1.82, 2.24) is 5.32 Å². The molecule has 38 heavy (non-hydrogen) atoms. The second-order valence-electron chi connectivity index (χ2n) is 10.7. The monoisotopic (exact) mass is 517 g/mol. The third-order valence-electron chi connectivity index (χ3n) is 7.05. The fourth-order valence-electron chi connectivity index (χ4n) is 4.87. The van der Waals surface area contributed by atoms with Crippen molar-refractivity contribution >= 4 is 5.97 Å². The molecule has 0 spiro atoms. The maximum absolute atomic E-state index is 11.1. The molecule has 3 aromatic carbocycles. The lowest BCUT2D eigenvalue weighted by atomic mass is 9.94. The van der Waals surface area contributed by atoms with E-state index in [9.17, 15) is 9.90 Å². The van der Waals surface area contributed by atoms with Gasteiger partial charge in [0, 0.05) is 13.1 Å². The number of rotatable bonds is 11. The van der Waals surface area contributed by atoms with Crippen LogP contribution in [0, 0.1) is 0 Å². The molecule has 0 aliphatic carbocycles. The standard InChI is InChI=1S/C32H39NO5/c1-20(2)28-6-5-7-29(21(3)4)31(28)37-19-26(34)17-33-18-27-14-12-25-16-24(13-15-30(25)38-27)22-8-10-23(11-9-22)32(35)36/h5-11,13,15-16,20-21,26-27,33-34H,12,14,17-19H2,1-4H3,(H,35,36)/t26-,27+/m0/s1. The molecule has 6 nitrogen and oxygen atoms in total. The number of benzene rings is 3. The van der Waals surface area contributed by atoms with E-state index in [2.05, 4.69) is 57.3 Å². The molecule has 3 aromatic rings. The highest BCUT2D eigenvalue weighted by Crippen LogP contribution is 2.35. The number of hydrogen-bond donors (Lipinski definition) is 3. The van der Waals surface area contributed by atoms with Crippen molar-refractivity contribution in [2.45, 2.75) is 64.6 Å². The number of aromatic carboxylic acids is 1. The van der Waals surface area contributed by atoms with Crippen LogP contribution in [0.3, 0.4) is 0 Å². The van der Waals surface area contributed by atoms with Crippen LogP contribution >= 0.6 is 0 Å². The quantitative estimate of drug-likeness (QED) is 0.288. The summed E-state index contributed by atoms with van der Waals surface area (Å²) in [6, 6.07) is 19.3. The third-order valence-corrected chi connectivity index (χ3v) is 7.05. The fourth-order valence-corrected chi connectivity index (χ4v) is 4.87. The van der Waals surface area contributed by atoms with Gasteiger partial charge in [-0.05, 0) is 76.8 Å². The Morgan fingerprint density at radius 1 is 1.00 bits per heavy atom. The summed E-state index contributed by atoms with van der Waals surface area (Å²) < 4.78 is 12.4. The van der Waals surface area contributed by atoms with Crippen LogP contribution in [0.4, 0.5) is 0 Å². The summed E-state index contributed by atoms with van der Waals surface area (Å²) >= 11 is 0. The Bertz CT molecular complexity index is 1210. The van der Waals surface area contributed by atoms with E-state index < -0.39 is 12.1 Å². The SMILES string of the molecule is CC(C)c1cccc(C(C)C)c1OC[C@@H](O)CNC[C@H]1CCc2cc(-c3ccc(C(=O)O)cc3)ccc2O1. The van der Waals surface area contributed by atoms with Crippen molar-refractivity contribution in [3.05, 3.63) is 82.9 Å². The Morgan fingerprint density at radius 2 is 1.66 bits per heavy atom. The van der Waals surface area contributed by atoms with Gasteiger partial charge in [0.1, 0.15) is 30.3 Å². The lowest BCUT2D eigenvalue weighted by Gasteiger charge is -2.27. The first kappa shape index (κ1) is 27.7. The molecule has 0 unspecified atom stereocenters. The zero-order valence-corrected chi connectivity index (χ0v) is 22.7. The molecular formula is C32H39NO5. The van der Waals surface area contributed by atoms with Gasteiger partial charge >= 0.3 is 5.97 Å². The maximum atomic E-state index is 11.1. The molecule has 0 amide bonds. The summed E-state index contributed by atoms with van der Waals surface area (Å²) in [5.74, 6) is 1.55. The number of para-hydroxylation sites is 1. The minimum atomic E-state index is -0.924. The van der Waals surface area contributed by atoms with Crippen LogP contribution in [0.5, 0.6) is 11.5 Å². The van der Waals surface area contributed by atoms with E-state index in [1.807, 2.05) is 24.3 Å². The zero-order valence-electron chi connectivity index (χ0n) is 22.7. The van der Waals surface area contributed by atoms with Gasteiger partial charge in [-0.2, -0.15) is 0 Å². The molecule has 0 saturated heterocycles. The number of hydrogen-bond acceptors (Lipinski definition) is 5. The summed E-state index contributed by atoms with van der Waals surface area (Å²) in [7, 11) is 0. The molecule has 0 saturated carbocycles. The number of carbonyl (C=O) groups is 1. The zero-order chi connectivity index (χ0) is 27.2. The van der Waals surface area contributed by atoms with Gasteiger partial charge < -0.3 is 25.0 Å². The van der Waals surface area contributed by atoms with Crippen LogP contribution in [0.2, 0.25) is 0 Å². The lowest BCUT2D eigenvalue weighted by molar-refractivity contribution is 0.0697. The Kier molecular flexibility index (Phi) is 9.08. The number of fused-ring (bicyclic) bond motifs is 1. The van der Waals surface area contributed by atoms with Crippen molar-refractivity contribution in [3.63, 3.8) is 0 Å². The Hall–Kier alpha value is -3.35. The predicted octanol–water partition coefficient (Wildman–Crippen LogP) is 6.02. The normalized spacial score (nSPS) is 15.7. The van der Waals surface area contributed by atoms with Crippen molar-refractivity contribution in [3.8, 4) is 22.6 Å². The fraction of sp³-hybridized carbons (Fsp3) is 0.406. The van der Waals surface area contributed by atoms with E-state index in [1.54, 1.807) is 12.1 Å². The molecule has 1 aliphatic rings. The summed E-state index contributed by atoms with van der Waals surface area (Å²) in [5, 5.41) is 23.0. The van der Waals surface area contributed by atoms with Crippen LogP contribution in [0.25, 0.3) is 11.1 Å². The second-order valence-corrected chi connectivity index (χ2v) is 10.7. The number of nitrogens with one attached hydrogen (secondary N) is 1. The number of carboxylic acid groups (broad SMARTS) is 1. The summed E-state index contributed by atoms with van der Waals surface area (Å²) in [6.45, 7) is 9.95. The largest absolute Gasteiger partial charge is 0.490 e. The van der Waals surface area contributed by atoms with Crippen LogP contribution in [0.1, 0.15) is 73.0 Å². The number of aliphatic hydroxyl groups excluding tert-OH is 1. The van der Waals surface area contributed by atoms with Gasteiger partial charge in [0.25, 0.3) is 0 Å². The topological polar surface area (TPSA) is 88.0 Å². The van der Waals surface area contributed by atoms with E-state index in [0.717, 1.165) is 41.0 Å². The highest BCUT2D eigenvalue weighted by Gasteiger charge is 2.21. The molecular weight excluding hydrogens is 478 g/mol. The van der Waals surface area contributed by atoms with Crippen LogP contribution in [-0.2, 0) is 6.42 Å². The molecule has 0 bridgehead atoms. The van der Waals surface area contributed by atoms with Gasteiger partial charge in [-0.15, -0.1) is 0 Å². The molecule has 0 radical (unpaired) electrons. The number of ether oxygens (including phenoxy) is 2. The highest BCUT2D eigenvalue weighted by atomic mass is 16.5. The lowest BCUT2D eigenvalue weighted by Crippen LogP contribution is -2.39. The van der Waals surface area contributed by atoms with E-state index in [4.69, 9.17) is 14.6 Å². The van der Waals surface area contributed by atoms with Crippen molar-refractivity contribution in [2.75, 3.05) is 19.7 Å². The molecule has 4 rings (SSSR count). The number of carboxylic acids is 1. The van der Waals surface area contributed by atoms with E-state index in [1.165, 1.54) is 11.1 Å². The molecule has 3 N–H and O–H groups in total. The van der Waals surface area contributed by atoms with Gasteiger partial charge in [-0.3, -0.25) is 0 Å². The first-order valence-electron chi connectivity index (χ1n) is 13.5. The number of aliphatic hydroxyl groups is 1. The smallest absolute Gasteiger partial charge is 0.335 e. The van der Waals surface area contributed by atoms with Gasteiger partial charge in [0.05, 0.1) is 5.56 Å². The van der Waals surface area contributed by atoms with Gasteiger partial charge in [0.15, 0.2) is 0 Å². The van der Waals surface area contributed by atoms with Gasteiger partial charge in [0.2, 0.25) is 0 Å². The minimum absolute atomic E-state index is 0.0329. The summed E-state index contributed by atoms with van der Waals surface area (Å²) in [4.78, 5) is 11.1. The van der Waals surface area contributed by atoms with Crippen LogP contribution in [0.15, 0.2) is 60.7 Å². The second kappa shape index (κ2) is 12.5. The van der Waals surface area contributed by atoms with Crippen LogP contribution < -0.4 is 14.8 Å². The average Bonchev–Trinajstić information content (AvgIpc) is 2.91. The van der Waals surface area contributed by atoms with Crippen molar-refractivity contribution < 1.29 is 24.5 Å². The maximum Gasteiger partial charge on any atom is 0.335 e. The third kappa shape index (κ3) is 6.74. The first-order chi connectivity index (χ1) is 18.2. The predicted molar refractivity (Wildman–Crippen MR) is 151 cm³/mol. The minimum Gasteiger partial charge on any atom is -0.490 e. The Morgan fingerprint density at radius 3 is 2.29 bits per heavy atom. The molecule has 1 heterocycles. The summed E-state index contributed by atoms with van der Waals surface area (Å²) in [5.41, 5.74) is 5.80. The first-order valence-corrected chi connectivity index (χ1v) is 13.5. The summed E-state index contributed by atoms with van der Waals surface area (Å²) in [6.07, 6.45) is 1.19. The number of aryl methyl sites for hydroxylation is 1. The average molecular weight is 518 g/mol. The Balaban J connectivity index is 1.27. The Labute approximate surface area is 225 Å². The van der Waals surface area contributed by atoms with Crippen molar-refractivity contribution in [2.24, 2.45) is 0 Å². The molecule has 6 heteroatoms. The van der Waals surface area contributed by atoms with Gasteiger partial charge in [-0.1, -0.05) is 64.1 Å².